The summed E-state index contributed by atoms with van der Waals surface area (Å²) in [6.07, 6.45) is 6.30. The van der Waals surface area contributed by atoms with Gasteiger partial charge in [-0.05, 0) is 25.0 Å². The van der Waals surface area contributed by atoms with E-state index in [1.165, 1.54) is 12.8 Å². The highest BCUT2D eigenvalue weighted by Gasteiger charge is 2.30. The van der Waals surface area contributed by atoms with Crippen molar-refractivity contribution in [2.75, 3.05) is 0 Å². The lowest BCUT2D eigenvalue weighted by Gasteiger charge is -2.20. The molecular formula is C14H19N3O2. The molecule has 1 aliphatic carbocycles. The molecule has 0 saturated heterocycles. The molecule has 2 aromatic rings. The monoisotopic (exact) mass is 261 g/mol. The average Bonchev–Trinajstić information content (AvgIpc) is 3.04. The van der Waals surface area contributed by atoms with Crippen molar-refractivity contribution >= 4 is 0 Å². The molecule has 2 aromatic heterocycles. The first kappa shape index (κ1) is 12.4. The second kappa shape index (κ2) is 5.19. The van der Waals surface area contributed by atoms with Crippen molar-refractivity contribution in [3.63, 3.8) is 0 Å². The van der Waals surface area contributed by atoms with Crippen molar-refractivity contribution in [3.8, 4) is 0 Å². The van der Waals surface area contributed by atoms with Crippen molar-refractivity contribution in [1.29, 1.82) is 0 Å². The third kappa shape index (κ3) is 2.88. The van der Waals surface area contributed by atoms with Gasteiger partial charge in [0.15, 0.2) is 0 Å². The van der Waals surface area contributed by atoms with Gasteiger partial charge in [-0.15, -0.1) is 0 Å². The van der Waals surface area contributed by atoms with E-state index in [9.17, 15) is 0 Å². The SMILES string of the molecule is Cn1ccnc1CN(Cc1ccc(CO)o1)C1CC1. The highest BCUT2D eigenvalue weighted by molar-refractivity contribution is 5.07. The van der Waals surface area contributed by atoms with Gasteiger partial charge in [-0.25, -0.2) is 4.98 Å². The lowest BCUT2D eigenvalue weighted by Crippen LogP contribution is -2.26. The Morgan fingerprint density at radius 2 is 2.16 bits per heavy atom. The Morgan fingerprint density at radius 1 is 1.37 bits per heavy atom. The summed E-state index contributed by atoms with van der Waals surface area (Å²) < 4.78 is 7.62. The number of aryl methyl sites for hydroxylation is 1. The normalized spacial score (nSPS) is 15.3. The Morgan fingerprint density at radius 3 is 2.74 bits per heavy atom. The molecule has 102 valence electrons. The second-order valence-electron chi connectivity index (χ2n) is 5.12. The molecule has 0 radical (unpaired) electrons. The van der Waals surface area contributed by atoms with Gasteiger partial charge in [0.25, 0.3) is 0 Å². The molecule has 5 heteroatoms. The van der Waals surface area contributed by atoms with Gasteiger partial charge in [-0.1, -0.05) is 0 Å². The molecule has 1 aliphatic rings. The van der Waals surface area contributed by atoms with E-state index in [2.05, 4.69) is 14.5 Å². The summed E-state index contributed by atoms with van der Waals surface area (Å²) in [5, 5.41) is 9.03. The quantitative estimate of drug-likeness (QED) is 0.859. The molecule has 0 aliphatic heterocycles. The highest BCUT2D eigenvalue weighted by atomic mass is 16.4. The highest BCUT2D eigenvalue weighted by Crippen LogP contribution is 2.29. The molecule has 19 heavy (non-hydrogen) atoms. The fourth-order valence-corrected chi connectivity index (χ4v) is 2.28. The van der Waals surface area contributed by atoms with Crippen LogP contribution in [0.4, 0.5) is 0 Å². The molecule has 0 bridgehead atoms. The van der Waals surface area contributed by atoms with E-state index >= 15 is 0 Å². The van der Waals surface area contributed by atoms with Crippen molar-refractivity contribution in [2.45, 2.75) is 38.6 Å². The Balaban J connectivity index is 1.69. The molecule has 0 atom stereocenters. The van der Waals surface area contributed by atoms with Crippen LogP contribution < -0.4 is 0 Å². The largest absolute Gasteiger partial charge is 0.462 e. The molecule has 0 unspecified atom stereocenters. The fraction of sp³-hybridized carbons (Fsp3) is 0.500. The van der Waals surface area contributed by atoms with Crippen LogP contribution >= 0.6 is 0 Å². The fourth-order valence-electron chi connectivity index (χ4n) is 2.28. The van der Waals surface area contributed by atoms with E-state index < -0.39 is 0 Å². The van der Waals surface area contributed by atoms with Crippen molar-refractivity contribution in [2.24, 2.45) is 7.05 Å². The Bertz CT molecular complexity index is 542. The van der Waals surface area contributed by atoms with E-state index in [1.807, 2.05) is 31.6 Å². The van der Waals surface area contributed by atoms with Crippen molar-refractivity contribution < 1.29 is 9.52 Å². The zero-order valence-corrected chi connectivity index (χ0v) is 11.1. The summed E-state index contributed by atoms with van der Waals surface area (Å²) in [5.74, 6) is 2.61. The maximum atomic E-state index is 9.03. The summed E-state index contributed by atoms with van der Waals surface area (Å²) >= 11 is 0. The first-order valence-electron chi connectivity index (χ1n) is 6.65. The zero-order valence-electron chi connectivity index (χ0n) is 11.1. The third-order valence-corrected chi connectivity index (χ3v) is 3.56. The molecule has 3 rings (SSSR count). The molecule has 5 nitrogen and oxygen atoms in total. The molecule has 1 N–H and O–H groups in total. The van der Waals surface area contributed by atoms with E-state index in [0.29, 0.717) is 11.8 Å². The number of nitrogens with zero attached hydrogens (tertiary/aromatic N) is 3. The van der Waals surface area contributed by atoms with E-state index in [4.69, 9.17) is 9.52 Å². The summed E-state index contributed by atoms with van der Waals surface area (Å²) in [4.78, 5) is 6.77. The van der Waals surface area contributed by atoms with Gasteiger partial charge >= 0.3 is 0 Å². The topological polar surface area (TPSA) is 54.4 Å². The molecular weight excluding hydrogens is 242 g/mol. The molecule has 0 amide bonds. The van der Waals surface area contributed by atoms with Crippen LogP contribution in [0.1, 0.15) is 30.2 Å². The number of furan rings is 1. The standard InChI is InChI=1S/C14H19N3O2/c1-16-7-6-15-14(16)9-17(11-2-3-11)8-12-4-5-13(10-18)19-12/h4-7,11,18H,2-3,8-10H2,1H3. The van der Waals surface area contributed by atoms with Gasteiger partial charge in [0.2, 0.25) is 0 Å². The Labute approximate surface area is 112 Å². The molecule has 1 fully saturated rings. The maximum absolute atomic E-state index is 9.03. The number of aliphatic hydroxyl groups is 1. The summed E-state index contributed by atoms with van der Waals surface area (Å²) in [6, 6.07) is 4.42. The smallest absolute Gasteiger partial charge is 0.129 e. The van der Waals surface area contributed by atoms with E-state index in [1.54, 1.807) is 0 Å². The maximum Gasteiger partial charge on any atom is 0.129 e. The Kier molecular flexibility index (Phi) is 3.40. The minimum Gasteiger partial charge on any atom is -0.462 e. The predicted octanol–water partition coefficient (Wildman–Crippen LogP) is 1.67. The van der Waals surface area contributed by atoms with Crippen LogP contribution in [0.15, 0.2) is 28.9 Å². The number of hydrogen-bond acceptors (Lipinski definition) is 4. The molecule has 2 heterocycles. The Hall–Kier alpha value is -1.59. The third-order valence-electron chi connectivity index (χ3n) is 3.56. The first-order chi connectivity index (χ1) is 9.26. The van der Waals surface area contributed by atoms with E-state index in [-0.39, 0.29) is 6.61 Å². The van der Waals surface area contributed by atoms with Gasteiger partial charge < -0.3 is 14.1 Å². The van der Waals surface area contributed by atoms with Gasteiger partial charge in [-0.2, -0.15) is 0 Å². The van der Waals surface area contributed by atoms with Crippen LogP contribution in [0, 0.1) is 0 Å². The molecule has 1 saturated carbocycles. The summed E-state index contributed by atoms with van der Waals surface area (Å²) in [5.41, 5.74) is 0. The first-order valence-corrected chi connectivity index (χ1v) is 6.65. The zero-order chi connectivity index (χ0) is 13.2. The van der Waals surface area contributed by atoms with Gasteiger partial charge in [-0.3, -0.25) is 4.90 Å². The van der Waals surface area contributed by atoms with Crippen molar-refractivity contribution in [1.82, 2.24) is 14.5 Å². The summed E-state index contributed by atoms with van der Waals surface area (Å²) in [6.45, 7) is 1.57. The molecule has 0 spiro atoms. The average molecular weight is 261 g/mol. The number of imidazole rings is 1. The molecule has 0 aromatic carbocycles. The predicted molar refractivity (Wildman–Crippen MR) is 70.1 cm³/mol. The van der Waals surface area contributed by atoms with Gasteiger partial charge in [0.05, 0.1) is 13.1 Å². The van der Waals surface area contributed by atoms with Crippen LogP contribution in [-0.4, -0.2) is 25.6 Å². The summed E-state index contributed by atoms with van der Waals surface area (Å²) in [7, 11) is 2.02. The van der Waals surface area contributed by atoms with Gasteiger partial charge in [0, 0.05) is 25.5 Å². The number of hydrogen-bond donors (Lipinski definition) is 1. The second-order valence-corrected chi connectivity index (χ2v) is 5.12. The number of aromatic nitrogens is 2. The number of aliphatic hydroxyl groups excluding tert-OH is 1. The minimum absolute atomic E-state index is 0.0389. The van der Waals surface area contributed by atoms with E-state index in [0.717, 1.165) is 24.7 Å². The van der Waals surface area contributed by atoms with Crippen LogP contribution in [0.5, 0.6) is 0 Å². The lowest BCUT2D eigenvalue weighted by molar-refractivity contribution is 0.203. The van der Waals surface area contributed by atoms with Gasteiger partial charge in [0.1, 0.15) is 24.0 Å². The van der Waals surface area contributed by atoms with Crippen LogP contribution in [0.3, 0.4) is 0 Å². The van der Waals surface area contributed by atoms with Crippen molar-refractivity contribution in [3.05, 3.63) is 41.9 Å². The lowest BCUT2D eigenvalue weighted by atomic mass is 10.3. The van der Waals surface area contributed by atoms with Crippen LogP contribution in [0.2, 0.25) is 0 Å². The van der Waals surface area contributed by atoms with Crippen LogP contribution in [-0.2, 0) is 26.7 Å². The number of rotatable bonds is 6. The van der Waals surface area contributed by atoms with Crippen LogP contribution in [0.25, 0.3) is 0 Å². The minimum atomic E-state index is -0.0389.